The second-order valence-corrected chi connectivity index (χ2v) is 3.05. The molecule has 2 nitrogen and oxygen atoms in total. The van der Waals surface area contributed by atoms with E-state index in [1.165, 1.54) is 25.9 Å². The van der Waals surface area contributed by atoms with Gasteiger partial charge in [0, 0.05) is 0 Å². The third kappa shape index (κ3) is 2.86. The van der Waals surface area contributed by atoms with Crippen molar-refractivity contribution in [3.8, 4) is 0 Å². The average Bonchev–Trinajstić information content (AvgIpc) is 2.03. The number of nitrogens with one attached hydrogen (secondary N) is 2. The predicted octanol–water partition coefficient (Wildman–Crippen LogP) is 0.772. The Kier molecular flexibility index (Phi) is 4.10. The Morgan fingerprint density at radius 1 is 1.40 bits per heavy atom. The fraction of sp³-hybridized carbons (Fsp3) is 1.00. The smallest absolute Gasteiger partial charge is 0.0713 e. The van der Waals surface area contributed by atoms with E-state index < -0.39 is 0 Å². The molecule has 0 bridgehead atoms. The molecule has 1 heterocycles. The van der Waals surface area contributed by atoms with Crippen molar-refractivity contribution in [3.63, 3.8) is 0 Å². The maximum atomic E-state index is 5.49. The zero-order valence-corrected chi connectivity index (χ0v) is 6.95. The maximum Gasteiger partial charge on any atom is 0.0713 e. The molecule has 0 atom stereocenters. The fourth-order valence-electron chi connectivity index (χ4n) is 1.34. The van der Waals surface area contributed by atoms with Gasteiger partial charge in [-0.05, 0) is 38.4 Å². The number of alkyl halides is 1. The van der Waals surface area contributed by atoms with Crippen LogP contribution in [0, 0.1) is 5.92 Å². The van der Waals surface area contributed by atoms with Crippen LogP contribution in [0.5, 0.6) is 0 Å². The van der Waals surface area contributed by atoms with E-state index in [9.17, 15) is 0 Å². The highest BCUT2D eigenvalue weighted by molar-refractivity contribution is 6.17. The van der Waals surface area contributed by atoms with E-state index in [0.717, 1.165) is 12.5 Å². The van der Waals surface area contributed by atoms with Crippen molar-refractivity contribution in [3.05, 3.63) is 0 Å². The van der Waals surface area contributed by atoms with Gasteiger partial charge in [-0.25, -0.2) is 0 Å². The third-order valence-electron chi connectivity index (χ3n) is 1.99. The SMILES string of the molecule is ClCNCC1CCNCC1. The highest BCUT2D eigenvalue weighted by Crippen LogP contribution is 2.09. The second-order valence-electron chi connectivity index (χ2n) is 2.78. The molecule has 3 heteroatoms. The van der Waals surface area contributed by atoms with Crippen LogP contribution in [-0.2, 0) is 0 Å². The summed E-state index contributed by atoms with van der Waals surface area (Å²) in [6.07, 6.45) is 2.59. The first kappa shape index (κ1) is 8.31. The minimum atomic E-state index is 0.587. The molecule has 1 rings (SSSR count). The molecular weight excluding hydrogens is 148 g/mol. The molecule has 1 aliphatic rings. The Morgan fingerprint density at radius 2 is 2.10 bits per heavy atom. The van der Waals surface area contributed by atoms with Crippen molar-refractivity contribution >= 4 is 11.6 Å². The molecule has 1 fully saturated rings. The lowest BCUT2D eigenvalue weighted by Crippen LogP contribution is -2.33. The normalized spacial score (nSPS) is 21.3. The van der Waals surface area contributed by atoms with Crippen LogP contribution in [0.3, 0.4) is 0 Å². The zero-order valence-electron chi connectivity index (χ0n) is 6.20. The standard InChI is InChI=1S/C7H15ClN2/c8-6-10-5-7-1-3-9-4-2-7/h7,9-10H,1-6H2. The molecule has 1 saturated heterocycles. The van der Waals surface area contributed by atoms with E-state index in [1.807, 2.05) is 0 Å². The van der Waals surface area contributed by atoms with Gasteiger partial charge >= 0.3 is 0 Å². The van der Waals surface area contributed by atoms with Gasteiger partial charge in [0.15, 0.2) is 0 Å². The van der Waals surface area contributed by atoms with Crippen molar-refractivity contribution in [2.45, 2.75) is 12.8 Å². The molecule has 0 spiro atoms. The highest BCUT2D eigenvalue weighted by Gasteiger charge is 2.11. The molecule has 0 saturated carbocycles. The van der Waals surface area contributed by atoms with E-state index in [2.05, 4.69) is 10.6 Å². The molecule has 1 aliphatic heterocycles. The first-order valence-corrected chi connectivity index (χ1v) is 4.44. The zero-order chi connectivity index (χ0) is 7.23. The van der Waals surface area contributed by atoms with Gasteiger partial charge in [-0.15, -0.1) is 11.6 Å². The van der Waals surface area contributed by atoms with Crippen molar-refractivity contribution < 1.29 is 0 Å². The van der Waals surface area contributed by atoms with Crippen molar-refractivity contribution in [1.29, 1.82) is 0 Å². The number of piperidine rings is 1. The Balaban J connectivity index is 2.02. The summed E-state index contributed by atoms with van der Waals surface area (Å²) in [5.74, 6) is 0.847. The van der Waals surface area contributed by atoms with Crippen LogP contribution in [0.25, 0.3) is 0 Å². The Labute approximate surface area is 67.3 Å². The lowest BCUT2D eigenvalue weighted by molar-refractivity contribution is 0.363. The molecule has 0 aliphatic carbocycles. The van der Waals surface area contributed by atoms with Gasteiger partial charge in [-0.3, -0.25) is 0 Å². The quantitative estimate of drug-likeness (QED) is 0.473. The van der Waals surface area contributed by atoms with Gasteiger partial charge in [0.25, 0.3) is 0 Å². The topological polar surface area (TPSA) is 24.1 Å². The van der Waals surface area contributed by atoms with Gasteiger partial charge < -0.3 is 10.6 Å². The lowest BCUT2D eigenvalue weighted by atomic mass is 9.98. The van der Waals surface area contributed by atoms with E-state index in [4.69, 9.17) is 11.6 Å². The van der Waals surface area contributed by atoms with Crippen molar-refractivity contribution in [2.24, 2.45) is 5.92 Å². The second kappa shape index (κ2) is 4.94. The first-order chi connectivity index (χ1) is 4.93. The molecule has 0 amide bonds. The van der Waals surface area contributed by atoms with Gasteiger partial charge in [0.2, 0.25) is 0 Å². The van der Waals surface area contributed by atoms with Gasteiger partial charge in [0.1, 0.15) is 0 Å². The summed E-state index contributed by atoms with van der Waals surface area (Å²) in [6.45, 7) is 3.44. The van der Waals surface area contributed by atoms with E-state index in [0.29, 0.717) is 6.00 Å². The number of hydrogen-bond acceptors (Lipinski definition) is 2. The summed E-state index contributed by atoms with van der Waals surface area (Å²) >= 11 is 5.49. The van der Waals surface area contributed by atoms with E-state index >= 15 is 0 Å². The van der Waals surface area contributed by atoms with Crippen molar-refractivity contribution in [1.82, 2.24) is 10.6 Å². The summed E-state index contributed by atoms with van der Waals surface area (Å²) in [7, 11) is 0. The number of rotatable bonds is 3. The molecule has 0 aromatic carbocycles. The maximum absolute atomic E-state index is 5.49. The molecule has 0 radical (unpaired) electrons. The van der Waals surface area contributed by atoms with Gasteiger partial charge in [0.05, 0.1) is 6.00 Å². The minimum Gasteiger partial charge on any atom is -0.317 e. The summed E-state index contributed by atoms with van der Waals surface area (Å²) in [5.41, 5.74) is 0. The first-order valence-electron chi connectivity index (χ1n) is 3.91. The van der Waals surface area contributed by atoms with Gasteiger partial charge in [-0.2, -0.15) is 0 Å². The Morgan fingerprint density at radius 3 is 2.70 bits per heavy atom. The molecule has 2 N–H and O–H groups in total. The molecule has 0 aromatic rings. The van der Waals surface area contributed by atoms with Crippen LogP contribution in [-0.4, -0.2) is 25.6 Å². The monoisotopic (exact) mass is 162 g/mol. The molecular formula is C7H15ClN2. The van der Waals surface area contributed by atoms with E-state index in [-0.39, 0.29) is 0 Å². The molecule has 60 valence electrons. The lowest BCUT2D eigenvalue weighted by Gasteiger charge is -2.22. The molecule has 0 aromatic heterocycles. The predicted molar refractivity (Wildman–Crippen MR) is 44.3 cm³/mol. The van der Waals surface area contributed by atoms with E-state index in [1.54, 1.807) is 0 Å². The largest absolute Gasteiger partial charge is 0.317 e. The van der Waals surface area contributed by atoms with Crippen molar-refractivity contribution in [2.75, 3.05) is 25.6 Å². The van der Waals surface area contributed by atoms with Crippen LogP contribution in [0.15, 0.2) is 0 Å². The minimum absolute atomic E-state index is 0.587. The number of halogens is 1. The Bertz CT molecular complexity index is 81.7. The summed E-state index contributed by atoms with van der Waals surface area (Å²) in [4.78, 5) is 0. The fourth-order valence-corrected chi connectivity index (χ4v) is 1.45. The average molecular weight is 163 g/mol. The highest BCUT2D eigenvalue weighted by atomic mass is 35.5. The van der Waals surface area contributed by atoms with Crippen LogP contribution in [0.1, 0.15) is 12.8 Å². The van der Waals surface area contributed by atoms with Crippen LogP contribution >= 0.6 is 11.6 Å². The summed E-state index contributed by atoms with van der Waals surface area (Å²) in [5, 5.41) is 6.49. The molecule has 10 heavy (non-hydrogen) atoms. The van der Waals surface area contributed by atoms with Crippen LogP contribution in [0.2, 0.25) is 0 Å². The molecule has 0 unspecified atom stereocenters. The van der Waals surface area contributed by atoms with Crippen LogP contribution in [0.4, 0.5) is 0 Å². The van der Waals surface area contributed by atoms with Gasteiger partial charge in [-0.1, -0.05) is 0 Å². The summed E-state index contributed by atoms with van der Waals surface area (Å²) in [6, 6.07) is 0.587. The van der Waals surface area contributed by atoms with Crippen LogP contribution < -0.4 is 10.6 Å². The summed E-state index contributed by atoms with van der Waals surface area (Å²) < 4.78 is 0. The number of hydrogen-bond donors (Lipinski definition) is 2. The Hall–Kier alpha value is 0.210. The third-order valence-corrected chi connectivity index (χ3v) is 2.18.